The molecule has 7 aromatic carbocycles. The van der Waals surface area contributed by atoms with Crippen LogP contribution in [-0.4, -0.2) is 9.55 Å². The number of hydrogen-bond acceptors (Lipinski definition) is 4. The molecule has 0 amide bonds. The van der Waals surface area contributed by atoms with Crippen molar-refractivity contribution >= 4 is 44.6 Å². The van der Waals surface area contributed by atoms with Gasteiger partial charge in [-0.2, -0.15) is 12.1 Å². The zero-order valence-electron chi connectivity index (χ0n) is 49.1. The Balaban J connectivity index is 0.00000688. The van der Waals surface area contributed by atoms with Crippen LogP contribution < -0.4 is 14.5 Å². The van der Waals surface area contributed by atoms with E-state index in [4.69, 9.17) is 15.2 Å². The Hall–Kier alpha value is -6.42. The molecule has 0 saturated carbocycles. The van der Waals surface area contributed by atoms with E-state index >= 15 is 0 Å². The van der Waals surface area contributed by atoms with Gasteiger partial charge < -0.3 is 19.1 Å². The summed E-state index contributed by atoms with van der Waals surface area (Å²) in [5.41, 5.74) is 15.6. The minimum atomic E-state index is -0.309. The van der Waals surface area contributed by atoms with Gasteiger partial charge in [0.1, 0.15) is 5.82 Å². The molecule has 3 heterocycles. The number of ether oxygens (including phenoxy) is 1. The fourth-order valence-electron chi connectivity index (χ4n) is 10.8. The molecule has 380 valence electrons. The Morgan fingerprint density at radius 2 is 1.20 bits per heavy atom. The molecule has 5 nitrogen and oxygen atoms in total. The molecule has 74 heavy (non-hydrogen) atoms. The van der Waals surface area contributed by atoms with Gasteiger partial charge in [0.25, 0.3) is 0 Å². The van der Waals surface area contributed by atoms with E-state index in [1.165, 1.54) is 33.4 Å². The second-order valence-corrected chi connectivity index (χ2v) is 24.7. The van der Waals surface area contributed by atoms with Crippen molar-refractivity contribution in [1.82, 2.24) is 9.55 Å². The maximum Gasteiger partial charge on any atom is 0.135 e. The number of aromatic nitrogens is 2. The van der Waals surface area contributed by atoms with Crippen LogP contribution in [0.3, 0.4) is 0 Å². The number of rotatable bonds is 7. The Bertz CT molecular complexity index is 3850. The number of nitrogens with zero attached hydrogens (tertiary/aromatic N) is 4. The van der Waals surface area contributed by atoms with Gasteiger partial charge >= 0.3 is 0 Å². The van der Waals surface area contributed by atoms with Gasteiger partial charge in [-0.05, 0) is 127 Å². The van der Waals surface area contributed by atoms with Gasteiger partial charge in [-0.3, -0.25) is 0 Å². The number of anilines is 4. The average molecular weight is 1160 g/mol. The topological polar surface area (TPSA) is 33.5 Å². The molecule has 9 aromatic rings. The molecule has 0 unspecified atom stereocenters. The van der Waals surface area contributed by atoms with E-state index in [9.17, 15) is 0 Å². The van der Waals surface area contributed by atoms with Gasteiger partial charge in [0.05, 0.1) is 5.48 Å². The molecule has 1 aliphatic carbocycles. The molecular formula is C68H69N4OPt-3. The molecule has 0 N–H and O–H groups in total. The van der Waals surface area contributed by atoms with E-state index in [-0.39, 0.29) is 72.3 Å². The summed E-state index contributed by atoms with van der Waals surface area (Å²) in [4.78, 5) is 9.33. The predicted octanol–water partition coefficient (Wildman–Crippen LogP) is 18.6. The number of benzene rings is 7. The maximum atomic E-state index is 9.12. The molecule has 2 aromatic heterocycles. The largest absolute Gasteiger partial charge is 0.509 e. The zero-order valence-corrected chi connectivity index (χ0v) is 47.4. The fourth-order valence-corrected chi connectivity index (χ4v) is 10.8. The van der Waals surface area contributed by atoms with Crippen molar-refractivity contribution in [2.24, 2.45) is 0 Å². The average Bonchev–Trinajstić information content (AvgIpc) is 4.14. The van der Waals surface area contributed by atoms with Crippen LogP contribution in [-0.2, 0) is 48.1 Å². The third kappa shape index (κ3) is 9.18. The smallest absolute Gasteiger partial charge is 0.135 e. The Labute approximate surface area is 460 Å². The van der Waals surface area contributed by atoms with Gasteiger partial charge in [0.15, 0.2) is 0 Å². The van der Waals surface area contributed by atoms with Crippen molar-refractivity contribution in [3.8, 4) is 39.6 Å². The molecule has 1 aliphatic heterocycles. The van der Waals surface area contributed by atoms with Crippen LogP contribution in [0.1, 0.15) is 136 Å². The number of hydrogen-bond donors (Lipinski definition) is 0. The van der Waals surface area contributed by atoms with E-state index < -0.39 is 0 Å². The van der Waals surface area contributed by atoms with Gasteiger partial charge in [-0.25, -0.2) is 4.98 Å². The first kappa shape index (κ1) is 46.1. The number of fused-ring (bicyclic) bond motifs is 5. The van der Waals surface area contributed by atoms with Gasteiger partial charge in [0.2, 0.25) is 0 Å². The van der Waals surface area contributed by atoms with Crippen molar-refractivity contribution in [3.63, 3.8) is 0 Å². The van der Waals surface area contributed by atoms with Crippen LogP contribution in [0.5, 0.6) is 11.5 Å². The van der Waals surface area contributed by atoms with Crippen LogP contribution in [0, 0.1) is 18.8 Å². The number of para-hydroxylation sites is 3. The first-order valence-electron chi connectivity index (χ1n) is 27.8. The van der Waals surface area contributed by atoms with Crippen molar-refractivity contribution in [2.45, 2.75) is 130 Å². The van der Waals surface area contributed by atoms with Gasteiger partial charge in [-0.15, -0.1) is 48.1 Å². The molecule has 2 aliphatic rings. The monoisotopic (exact) mass is 1160 g/mol. The van der Waals surface area contributed by atoms with Gasteiger partial charge in [-0.1, -0.05) is 168 Å². The second kappa shape index (κ2) is 18.4. The molecule has 0 saturated heterocycles. The Kier molecular flexibility index (Phi) is 11.5. The van der Waals surface area contributed by atoms with E-state index in [1.807, 2.05) is 30.3 Å². The first-order valence-corrected chi connectivity index (χ1v) is 25.8. The normalized spacial score (nSPS) is 16.0. The summed E-state index contributed by atoms with van der Waals surface area (Å²) in [5.74, 6) is 1.39. The molecule has 0 fully saturated rings. The fraction of sp³-hybridized carbons (Fsp3) is 0.294. The zero-order chi connectivity index (χ0) is 54.9. The molecular weight excluding hydrogens is 1080 g/mol. The van der Waals surface area contributed by atoms with E-state index in [0.29, 0.717) is 39.1 Å². The van der Waals surface area contributed by atoms with Crippen LogP contribution in [0.25, 0.3) is 49.9 Å². The third-order valence-electron chi connectivity index (χ3n) is 15.4. The maximum absolute atomic E-state index is 9.12. The van der Waals surface area contributed by atoms with E-state index in [0.717, 1.165) is 52.3 Å². The predicted molar refractivity (Wildman–Crippen MR) is 306 cm³/mol. The van der Waals surface area contributed by atoms with Crippen molar-refractivity contribution in [3.05, 3.63) is 198 Å². The molecule has 11 rings (SSSR count). The van der Waals surface area contributed by atoms with Crippen molar-refractivity contribution in [1.29, 1.82) is 0 Å². The van der Waals surface area contributed by atoms with Crippen LogP contribution in [0.2, 0.25) is 0 Å². The summed E-state index contributed by atoms with van der Waals surface area (Å²) >= 11 is 0. The summed E-state index contributed by atoms with van der Waals surface area (Å²) in [6.45, 7) is 32.0. The minimum absolute atomic E-state index is 0. The molecule has 0 spiro atoms. The summed E-state index contributed by atoms with van der Waals surface area (Å²) in [5, 5.41) is 1.02. The van der Waals surface area contributed by atoms with E-state index in [2.05, 4.69) is 204 Å². The second-order valence-electron chi connectivity index (χ2n) is 24.7. The van der Waals surface area contributed by atoms with Crippen LogP contribution >= 0.6 is 0 Å². The Morgan fingerprint density at radius 3 is 1.91 bits per heavy atom. The van der Waals surface area contributed by atoms with Crippen molar-refractivity contribution in [2.75, 3.05) is 9.80 Å². The molecule has 0 atom stereocenters. The third-order valence-corrected chi connectivity index (χ3v) is 15.4. The summed E-state index contributed by atoms with van der Waals surface area (Å²) in [6, 6.07) is 49.5. The van der Waals surface area contributed by atoms with E-state index in [1.54, 1.807) is 16.8 Å². The summed E-state index contributed by atoms with van der Waals surface area (Å²) in [7, 11) is 0. The molecule has 0 bridgehead atoms. The van der Waals surface area contributed by atoms with Crippen LogP contribution in [0.4, 0.5) is 22.7 Å². The van der Waals surface area contributed by atoms with Crippen LogP contribution in [0.15, 0.2) is 152 Å². The van der Waals surface area contributed by atoms with Gasteiger partial charge in [0, 0.05) is 72.5 Å². The quantitative estimate of drug-likeness (QED) is 0.149. The SMILES string of the molecule is [2H]c1c([2H])c([2H])c2c(c1[2H])c1ccc(Oc3[c-]c(N4[CH-]N(c5c(-c6cccc(C(C)(C)C)c6)cc(C(C)(C)C)cc5-c5ccc6c(c5)C(C)(C)CCC6(C)C)c5ccccc54)ccc3)[c-]c1n2-c1cc(C(C)(C)C)ccn1.[Pt]. The standard InChI is InChI=1S/C68H69N4O.Pt/c1-64(2,3)46-21-18-20-44(36-46)54-38-48(66(7,8)9)39-55(45-28-31-56-57(37-45)68(12,13)34-33-67(56,10)11)63(54)71-43-70(59-26-16-17-27-60(59)71)49-22-19-23-50(41-49)73-51-29-30-53-52-24-14-15-25-58(52)72(61(53)42-51)62-40-47(32-35-69-62)65(4,5)6;/h14-32,35-40,43H,33-34H2,1-13H3;/q-3;/i14D,15D,24D,25D;. The molecule has 0 radical (unpaired) electrons. The first-order chi connectivity index (χ1) is 36.2. The summed E-state index contributed by atoms with van der Waals surface area (Å²) in [6.07, 6.45) is 4.02. The van der Waals surface area contributed by atoms with Crippen molar-refractivity contribution < 1.29 is 31.3 Å². The molecule has 6 heteroatoms. The minimum Gasteiger partial charge on any atom is -0.509 e. The number of pyridine rings is 1. The Morgan fingerprint density at radius 1 is 0.581 bits per heavy atom. The summed E-state index contributed by atoms with van der Waals surface area (Å²) < 4.78 is 43.9.